The Morgan fingerprint density at radius 3 is 2.41 bits per heavy atom. The molecule has 0 fully saturated rings. The molecule has 0 aliphatic rings. The molecule has 0 amide bonds. The summed E-state index contributed by atoms with van der Waals surface area (Å²) in [5.74, 6) is -0.399. The largest absolute Gasteiger partial charge is 0.382 e. The Kier molecular flexibility index (Phi) is 6.86. The zero-order valence-electron chi connectivity index (χ0n) is 18.6. The van der Waals surface area contributed by atoms with Crippen LogP contribution in [0.3, 0.4) is 0 Å². The average Bonchev–Trinajstić information content (AvgIpc) is 3.32. The molecule has 0 saturated heterocycles. The minimum atomic E-state index is -0.959. The molecule has 0 saturated carbocycles. The molecule has 6 nitrogen and oxygen atoms in total. The van der Waals surface area contributed by atoms with E-state index in [1.807, 2.05) is 17.8 Å². The molecular weight excluding hydrogens is 455 g/mol. The summed E-state index contributed by atoms with van der Waals surface area (Å²) in [6.45, 7) is 0. The maximum atomic E-state index is 13.7. The number of rotatable bonds is 3. The molecule has 3 aromatic heterocycles. The average molecular weight is 477 g/mol. The zero-order chi connectivity index (χ0) is 24.2. The standard InChI is InChI=1S/C22H16ClFN2O2.C4H6N2/c1-26-19-10-9-18(22(28)13-5-7-15(23)8-6-13)25-21(19)17(12-20(26)27)14-3-2-4-16(24)11-14;1-6-3-2-5-4-6/h2-12,22,28H,1H3;2-4H,1H3. The van der Waals surface area contributed by atoms with Gasteiger partial charge in [0.25, 0.3) is 5.56 Å². The van der Waals surface area contributed by atoms with E-state index in [4.69, 9.17) is 11.6 Å². The van der Waals surface area contributed by atoms with Gasteiger partial charge in [0.05, 0.1) is 23.1 Å². The molecule has 0 aliphatic heterocycles. The molecule has 0 spiro atoms. The van der Waals surface area contributed by atoms with Gasteiger partial charge in [-0.15, -0.1) is 0 Å². The van der Waals surface area contributed by atoms with Crippen molar-refractivity contribution in [1.82, 2.24) is 19.1 Å². The Balaban J connectivity index is 0.000000398. The highest BCUT2D eigenvalue weighted by Crippen LogP contribution is 2.29. The second-order valence-corrected chi connectivity index (χ2v) is 8.19. The second kappa shape index (κ2) is 9.99. The lowest BCUT2D eigenvalue weighted by atomic mass is 10.0. The van der Waals surface area contributed by atoms with Crippen LogP contribution in [0.15, 0.2) is 90.2 Å². The fourth-order valence-electron chi connectivity index (χ4n) is 3.51. The van der Waals surface area contributed by atoms with Crippen molar-refractivity contribution in [3.05, 3.63) is 118 Å². The van der Waals surface area contributed by atoms with Gasteiger partial charge < -0.3 is 14.2 Å². The number of benzene rings is 2. The number of hydrogen-bond donors (Lipinski definition) is 1. The predicted molar refractivity (Wildman–Crippen MR) is 131 cm³/mol. The Labute approximate surface area is 200 Å². The fourth-order valence-corrected chi connectivity index (χ4v) is 3.64. The number of aliphatic hydroxyl groups is 1. The van der Waals surface area contributed by atoms with Gasteiger partial charge in [-0.05, 0) is 47.5 Å². The highest BCUT2D eigenvalue weighted by molar-refractivity contribution is 6.30. The minimum Gasteiger partial charge on any atom is -0.382 e. The van der Waals surface area contributed by atoms with Crippen LogP contribution >= 0.6 is 11.6 Å². The van der Waals surface area contributed by atoms with Crippen LogP contribution in [0.5, 0.6) is 0 Å². The van der Waals surface area contributed by atoms with Gasteiger partial charge in [0.15, 0.2) is 0 Å². The third kappa shape index (κ3) is 5.06. The van der Waals surface area contributed by atoms with Crippen molar-refractivity contribution in [2.75, 3.05) is 0 Å². The molecular formula is C26H22ClFN4O2. The van der Waals surface area contributed by atoms with Gasteiger partial charge in [-0.25, -0.2) is 14.4 Å². The van der Waals surface area contributed by atoms with Crippen LogP contribution in [0.2, 0.25) is 5.02 Å². The molecule has 34 heavy (non-hydrogen) atoms. The van der Waals surface area contributed by atoms with E-state index in [9.17, 15) is 14.3 Å². The predicted octanol–water partition coefficient (Wildman–Crippen LogP) is 4.89. The van der Waals surface area contributed by atoms with E-state index in [1.54, 1.807) is 68.1 Å². The van der Waals surface area contributed by atoms with Crippen LogP contribution < -0.4 is 5.56 Å². The monoisotopic (exact) mass is 476 g/mol. The Bertz CT molecular complexity index is 1480. The number of aromatic nitrogens is 4. The quantitative estimate of drug-likeness (QED) is 0.402. The molecule has 1 atom stereocenters. The zero-order valence-corrected chi connectivity index (χ0v) is 19.3. The SMILES string of the molecule is Cn1c(=O)cc(-c2cccc(F)c2)c2nc(C(O)c3ccc(Cl)cc3)ccc21.Cn1ccnc1. The summed E-state index contributed by atoms with van der Waals surface area (Å²) in [6, 6.07) is 17.7. The lowest BCUT2D eigenvalue weighted by Gasteiger charge is -2.15. The number of hydrogen-bond acceptors (Lipinski definition) is 4. The summed E-state index contributed by atoms with van der Waals surface area (Å²) in [5, 5.41) is 11.3. The smallest absolute Gasteiger partial charge is 0.251 e. The van der Waals surface area contributed by atoms with Gasteiger partial charge in [0.1, 0.15) is 11.9 Å². The number of aliphatic hydroxyl groups excluding tert-OH is 1. The maximum absolute atomic E-state index is 13.7. The molecule has 172 valence electrons. The van der Waals surface area contributed by atoms with Crippen molar-refractivity contribution in [3.8, 4) is 11.1 Å². The fraction of sp³-hybridized carbons (Fsp3) is 0.115. The van der Waals surface area contributed by atoms with Crippen molar-refractivity contribution in [2.24, 2.45) is 14.1 Å². The normalized spacial score (nSPS) is 11.7. The van der Waals surface area contributed by atoms with Crippen LogP contribution in [0.4, 0.5) is 4.39 Å². The summed E-state index contributed by atoms with van der Waals surface area (Å²) in [7, 11) is 3.59. The first-order valence-corrected chi connectivity index (χ1v) is 10.8. The molecule has 5 aromatic rings. The summed E-state index contributed by atoms with van der Waals surface area (Å²) < 4.78 is 17.1. The maximum Gasteiger partial charge on any atom is 0.251 e. The van der Waals surface area contributed by atoms with Crippen LogP contribution in [0, 0.1) is 5.82 Å². The topological polar surface area (TPSA) is 72.9 Å². The highest BCUT2D eigenvalue weighted by atomic mass is 35.5. The van der Waals surface area contributed by atoms with Gasteiger partial charge in [0.2, 0.25) is 0 Å². The molecule has 2 aromatic carbocycles. The van der Waals surface area contributed by atoms with E-state index in [2.05, 4.69) is 9.97 Å². The van der Waals surface area contributed by atoms with E-state index in [0.29, 0.717) is 38.4 Å². The van der Waals surface area contributed by atoms with Gasteiger partial charge in [-0.1, -0.05) is 35.9 Å². The number of imidazole rings is 1. The first kappa shape index (κ1) is 23.4. The Hall–Kier alpha value is -3.81. The van der Waals surface area contributed by atoms with Crippen LogP contribution in [0.25, 0.3) is 22.2 Å². The van der Waals surface area contributed by atoms with E-state index in [1.165, 1.54) is 22.8 Å². The first-order chi connectivity index (χ1) is 16.3. The Morgan fingerprint density at radius 1 is 1.03 bits per heavy atom. The summed E-state index contributed by atoms with van der Waals surface area (Å²) >= 11 is 5.91. The Morgan fingerprint density at radius 2 is 1.79 bits per heavy atom. The number of fused-ring (bicyclic) bond motifs is 1. The number of pyridine rings is 2. The van der Waals surface area contributed by atoms with E-state index in [0.717, 1.165) is 0 Å². The van der Waals surface area contributed by atoms with Crippen molar-refractivity contribution < 1.29 is 9.50 Å². The number of nitrogens with zero attached hydrogens (tertiary/aromatic N) is 4. The van der Waals surface area contributed by atoms with Gasteiger partial charge in [-0.3, -0.25) is 4.79 Å². The minimum absolute atomic E-state index is 0.223. The van der Waals surface area contributed by atoms with Crippen LogP contribution in [0.1, 0.15) is 17.4 Å². The summed E-state index contributed by atoms with van der Waals surface area (Å²) in [6.07, 6.45) is 4.43. The third-order valence-electron chi connectivity index (χ3n) is 5.35. The van der Waals surface area contributed by atoms with Crippen LogP contribution in [-0.2, 0) is 14.1 Å². The van der Waals surface area contributed by atoms with Crippen LogP contribution in [-0.4, -0.2) is 24.2 Å². The van der Waals surface area contributed by atoms with Gasteiger partial charge in [-0.2, -0.15) is 0 Å². The second-order valence-electron chi connectivity index (χ2n) is 7.75. The molecule has 1 N–H and O–H groups in total. The van der Waals surface area contributed by atoms with Crippen molar-refractivity contribution in [3.63, 3.8) is 0 Å². The number of halogens is 2. The van der Waals surface area contributed by atoms with E-state index >= 15 is 0 Å². The molecule has 5 rings (SSSR count). The lowest BCUT2D eigenvalue weighted by molar-refractivity contribution is 0.216. The van der Waals surface area contributed by atoms with E-state index < -0.39 is 11.9 Å². The molecule has 3 heterocycles. The highest BCUT2D eigenvalue weighted by Gasteiger charge is 2.16. The first-order valence-electron chi connectivity index (χ1n) is 10.5. The van der Waals surface area contributed by atoms with Crippen molar-refractivity contribution in [1.29, 1.82) is 0 Å². The number of aryl methyl sites for hydroxylation is 2. The molecule has 8 heteroatoms. The summed E-state index contributed by atoms with van der Waals surface area (Å²) in [4.78, 5) is 20.8. The van der Waals surface area contributed by atoms with Crippen molar-refractivity contribution >= 4 is 22.6 Å². The molecule has 1 unspecified atom stereocenters. The molecule has 0 bridgehead atoms. The molecule has 0 aliphatic carbocycles. The summed E-state index contributed by atoms with van der Waals surface area (Å²) in [5.41, 5.74) is 3.02. The molecule has 0 radical (unpaired) electrons. The van der Waals surface area contributed by atoms with E-state index in [-0.39, 0.29) is 5.56 Å². The third-order valence-corrected chi connectivity index (χ3v) is 5.60. The lowest BCUT2D eigenvalue weighted by Crippen LogP contribution is -2.17. The van der Waals surface area contributed by atoms with Gasteiger partial charge >= 0.3 is 0 Å². The van der Waals surface area contributed by atoms with Crippen molar-refractivity contribution in [2.45, 2.75) is 6.10 Å². The van der Waals surface area contributed by atoms with Gasteiger partial charge in [0, 0.05) is 43.1 Å².